The van der Waals surface area contributed by atoms with Crippen LogP contribution in [0.25, 0.3) is 10.4 Å². The fourth-order valence-electron chi connectivity index (χ4n) is 9.98. The van der Waals surface area contributed by atoms with Crippen LogP contribution < -0.4 is 26.0 Å². The molecule has 8 rings (SSSR count). The van der Waals surface area contributed by atoms with Gasteiger partial charge in [0.25, 0.3) is 11.8 Å². The summed E-state index contributed by atoms with van der Waals surface area (Å²) in [5.74, 6) is 0.0703. The second-order valence-corrected chi connectivity index (χ2v) is 23.1. The molecule has 5 N–H and O–H groups in total. The van der Waals surface area contributed by atoms with Gasteiger partial charge < -0.3 is 40.9 Å². The van der Waals surface area contributed by atoms with E-state index in [0.717, 1.165) is 71.9 Å². The number of aromatic nitrogens is 3. The third kappa shape index (κ3) is 12.2. The zero-order valence-corrected chi connectivity index (χ0v) is 44.2. The predicted octanol–water partition coefficient (Wildman–Crippen LogP) is 7.77. The van der Waals surface area contributed by atoms with Crippen LogP contribution in [0.1, 0.15) is 93.4 Å². The van der Waals surface area contributed by atoms with Gasteiger partial charge in [0.1, 0.15) is 28.7 Å². The van der Waals surface area contributed by atoms with Gasteiger partial charge in [-0.1, -0.05) is 42.4 Å². The molecule has 2 aliphatic carbocycles. The first-order valence-electron chi connectivity index (χ1n) is 24.7. The van der Waals surface area contributed by atoms with Crippen molar-refractivity contribution in [3.8, 4) is 16.2 Å². The Balaban J connectivity index is 0.832. The van der Waals surface area contributed by atoms with Crippen LogP contribution in [0.15, 0.2) is 65.7 Å². The van der Waals surface area contributed by atoms with Crippen LogP contribution in [0.2, 0.25) is 5.02 Å². The Morgan fingerprint density at radius 3 is 2.39 bits per heavy atom. The number of hydrogen-bond donors (Lipinski definition) is 5. The van der Waals surface area contributed by atoms with Gasteiger partial charge >= 0.3 is 0 Å². The lowest BCUT2D eigenvalue weighted by Crippen LogP contribution is -2.61. The molecule has 4 fully saturated rings. The number of aryl methyl sites for hydroxylation is 1. The lowest BCUT2D eigenvalue weighted by Gasteiger charge is -2.40. The summed E-state index contributed by atoms with van der Waals surface area (Å²) in [7, 11) is 3.27. The van der Waals surface area contributed by atoms with Gasteiger partial charge in [-0.3, -0.25) is 24.1 Å². The SMILES string of the molecule is C=C(SC(C)(C)[C@H](NC(=O)C1(F)CC1)C(=O)N1C[C@H](O)CC1C(=O)N[C@@H](C)c1ccc(-c2scnc2C)cc1)[C@H]1CC[C@H](CN2CCN(C(=O)c3ccc(Nc4ncc(Cl)c(NC)n4)c(OC)c3)CC2)CC1. The van der Waals surface area contributed by atoms with Crippen molar-refractivity contribution in [2.75, 3.05) is 64.1 Å². The molecule has 0 bridgehead atoms. The van der Waals surface area contributed by atoms with E-state index in [4.69, 9.17) is 16.3 Å². The van der Waals surface area contributed by atoms with Crippen LogP contribution in [0.3, 0.4) is 0 Å². The van der Waals surface area contributed by atoms with Crippen molar-refractivity contribution in [2.24, 2.45) is 11.8 Å². The number of ether oxygens (including phenoxy) is 1. The number of anilines is 3. The van der Waals surface area contributed by atoms with E-state index in [1.165, 1.54) is 22.9 Å². The number of hydrogen-bond acceptors (Lipinski definition) is 14. The molecule has 4 heterocycles. The molecule has 4 aromatic rings. The average Bonchev–Trinajstić information content (AvgIpc) is 3.78. The summed E-state index contributed by atoms with van der Waals surface area (Å²) in [5.41, 5.74) is 3.76. The topological polar surface area (TPSA) is 194 Å². The number of alkyl halides is 1. The molecular weight excluding hydrogens is 979 g/mol. The summed E-state index contributed by atoms with van der Waals surface area (Å²) >= 11 is 9.13. The molecule has 1 unspecified atom stereocenters. The van der Waals surface area contributed by atoms with E-state index >= 15 is 4.39 Å². The van der Waals surface area contributed by atoms with E-state index in [1.807, 2.05) is 62.4 Å². The number of thiazole rings is 1. The van der Waals surface area contributed by atoms with Gasteiger partial charge in [0, 0.05) is 63.0 Å². The van der Waals surface area contributed by atoms with Crippen molar-refractivity contribution in [3.63, 3.8) is 0 Å². The van der Waals surface area contributed by atoms with Crippen molar-refractivity contribution in [3.05, 3.63) is 87.5 Å². The first-order valence-corrected chi connectivity index (χ1v) is 26.8. The van der Waals surface area contributed by atoms with Crippen molar-refractivity contribution < 1.29 is 33.4 Å². The van der Waals surface area contributed by atoms with Crippen LogP contribution in [-0.4, -0.2) is 140 Å². The number of piperazine rings is 1. The lowest BCUT2D eigenvalue weighted by molar-refractivity contribution is -0.143. The second-order valence-electron chi connectivity index (χ2n) is 20.0. The highest BCUT2D eigenvalue weighted by Crippen LogP contribution is 2.45. The van der Waals surface area contributed by atoms with Crippen molar-refractivity contribution in [1.82, 2.24) is 40.3 Å². The number of aliphatic hydroxyl groups excluding tert-OH is 1. The standard InChI is InChI=1S/C52H66ClFN10O6S2/c1-30(34-12-14-36(15-13-34)43-31(2)57-29-71-43)58-46(66)41-25-38(65)28-64(41)48(68)44(60-49(69)52(54)18-19-52)51(4,5)72-32(3)35-10-8-33(9-11-35)27-62-20-22-63(23-21-62)47(67)37-16-17-40(42(24-37)70-7)59-50-56-26-39(53)45(55-6)61-50/h12-17,24,26,29-30,33,35,38,41,44,65H,3,8-11,18-23,25,27-28H2,1-2,4-7H3,(H,58,66)(H,60,69)(H2,55,56,59,61)/t30-,33-,35-,38+,41?,44+/m0/s1. The summed E-state index contributed by atoms with van der Waals surface area (Å²) < 4.78 is 19.9. The Labute approximate surface area is 434 Å². The summed E-state index contributed by atoms with van der Waals surface area (Å²) in [4.78, 5) is 76.3. The normalized spacial score (nSPS) is 21.8. The monoisotopic (exact) mass is 1040 g/mol. The number of carbonyl (C=O) groups excluding carboxylic acids is 4. The molecule has 4 aliphatic rings. The Bertz CT molecular complexity index is 2640. The summed E-state index contributed by atoms with van der Waals surface area (Å²) in [5, 5.41) is 23.2. The molecule has 72 heavy (non-hydrogen) atoms. The van der Waals surface area contributed by atoms with Gasteiger partial charge in [-0.05, 0) is 112 Å². The van der Waals surface area contributed by atoms with Gasteiger partial charge in [-0.2, -0.15) is 4.98 Å². The highest BCUT2D eigenvalue weighted by molar-refractivity contribution is 8.04. The highest BCUT2D eigenvalue weighted by Gasteiger charge is 2.54. The van der Waals surface area contributed by atoms with E-state index < -0.39 is 52.4 Å². The molecule has 2 saturated heterocycles. The van der Waals surface area contributed by atoms with Gasteiger partial charge in [0.15, 0.2) is 5.67 Å². The maximum absolute atomic E-state index is 15.3. The molecule has 20 heteroatoms. The van der Waals surface area contributed by atoms with Gasteiger partial charge in [0.2, 0.25) is 17.8 Å². The first kappa shape index (κ1) is 53.0. The fraction of sp³-hybridized carbons (Fsp3) is 0.519. The smallest absolute Gasteiger partial charge is 0.258 e. The Hall–Kier alpha value is -5.34. The number of halogens is 2. The van der Waals surface area contributed by atoms with Crippen molar-refractivity contribution in [2.45, 2.75) is 107 Å². The molecule has 16 nitrogen and oxygen atoms in total. The Morgan fingerprint density at radius 1 is 1.04 bits per heavy atom. The number of nitrogens with zero attached hydrogens (tertiary/aromatic N) is 6. The fourth-order valence-corrected chi connectivity index (χ4v) is 12.3. The summed E-state index contributed by atoms with van der Waals surface area (Å²) in [6, 6.07) is 10.6. The Kier molecular flexibility index (Phi) is 16.5. The average molecular weight is 1050 g/mol. The van der Waals surface area contributed by atoms with E-state index in [-0.39, 0.29) is 37.6 Å². The summed E-state index contributed by atoms with van der Waals surface area (Å²) in [6.07, 6.45) is 4.53. The maximum atomic E-state index is 15.3. The molecular formula is C52H66ClFN10O6S2. The lowest BCUT2D eigenvalue weighted by atomic mass is 9.81. The van der Waals surface area contributed by atoms with Gasteiger partial charge in [-0.15, -0.1) is 23.1 Å². The van der Waals surface area contributed by atoms with Crippen LogP contribution in [0.4, 0.5) is 21.8 Å². The van der Waals surface area contributed by atoms with Gasteiger partial charge in [0.05, 0.1) is 47.2 Å². The number of β-amino-alcohol motifs (C(OH)–C–C–N with tert-alkyl or cyclic N) is 1. The molecule has 2 saturated carbocycles. The van der Waals surface area contributed by atoms with Crippen LogP contribution >= 0.6 is 34.7 Å². The van der Waals surface area contributed by atoms with Gasteiger partial charge in [-0.25, -0.2) is 14.4 Å². The van der Waals surface area contributed by atoms with Crippen LogP contribution in [0.5, 0.6) is 5.75 Å². The number of thioether (sulfide) groups is 1. The minimum Gasteiger partial charge on any atom is -0.495 e. The first-order chi connectivity index (χ1) is 34.4. The van der Waals surface area contributed by atoms with E-state index in [0.29, 0.717) is 52.8 Å². The third-order valence-electron chi connectivity index (χ3n) is 14.5. The van der Waals surface area contributed by atoms with Crippen molar-refractivity contribution in [1.29, 1.82) is 0 Å². The molecule has 2 aliphatic heterocycles. The number of nitrogens with one attached hydrogen (secondary N) is 4. The number of allylic oxidation sites excluding steroid dienone is 1. The predicted molar refractivity (Wildman–Crippen MR) is 281 cm³/mol. The minimum atomic E-state index is -2.03. The largest absolute Gasteiger partial charge is 0.495 e. The van der Waals surface area contributed by atoms with Crippen LogP contribution in [-0.2, 0) is 14.4 Å². The van der Waals surface area contributed by atoms with E-state index in [1.54, 1.807) is 43.7 Å². The Morgan fingerprint density at radius 2 is 1.75 bits per heavy atom. The molecule has 386 valence electrons. The number of rotatable bonds is 18. The number of aliphatic hydroxyl groups is 1. The minimum absolute atomic E-state index is 0.0311. The number of carbonyl (C=O) groups is 4. The van der Waals surface area contributed by atoms with E-state index in [9.17, 15) is 24.3 Å². The van der Waals surface area contributed by atoms with E-state index in [2.05, 4.69) is 47.7 Å². The molecule has 4 amide bonds. The second kappa shape index (κ2) is 22.4. The number of likely N-dealkylation sites (tertiary alicyclic amines) is 1. The number of benzene rings is 2. The summed E-state index contributed by atoms with van der Waals surface area (Å²) in [6.45, 7) is 15.6. The number of amides is 4. The third-order valence-corrected chi connectivity index (χ3v) is 17.1. The zero-order chi connectivity index (χ0) is 51.5. The quantitative estimate of drug-likeness (QED) is 0.0650. The van der Waals surface area contributed by atoms with Crippen molar-refractivity contribution >= 4 is 75.8 Å². The molecule has 4 atom stereocenters. The maximum Gasteiger partial charge on any atom is 0.258 e. The molecule has 0 radical (unpaired) electrons. The molecule has 2 aromatic heterocycles. The highest BCUT2D eigenvalue weighted by atomic mass is 35.5. The molecule has 2 aromatic carbocycles. The van der Waals surface area contributed by atoms with Crippen LogP contribution in [0, 0.1) is 18.8 Å². The molecule has 0 spiro atoms. The number of methoxy groups -OCH3 is 1. The zero-order valence-electron chi connectivity index (χ0n) is 41.8.